The second-order valence-corrected chi connectivity index (χ2v) is 4.42. The van der Waals surface area contributed by atoms with Crippen LogP contribution in [-0.4, -0.2) is 11.1 Å². The van der Waals surface area contributed by atoms with Crippen molar-refractivity contribution in [2.75, 3.05) is 0 Å². The van der Waals surface area contributed by atoms with Crippen LogP contribution in [0.15, 0.2) is 23.2 Å². The molecule has 1 aromatic carbocycles. The van der Waals surface area contributed by atoms with Crippen molar-refractivity contribution in [2.45, 2.75) is 5.75 Å². The molecular weight excluding hydrogens is 258 g/mol. The molecule has 5 N–H and O–H groups in total. The predicted octanol–water partition coefficient (Wildman–Crippen LogP) is 1.65. The van der Waals surface area contributed by atoms with Crippen LogP contribution >= 0.6 is 23.4 Å². The Morgan fingerprint density at radius 2 is 2.24 bits per heavy atom. The van der Waals surface area contributed by atoms with Gasteiger partial charge in [-0.1, -0.05) is 29.4 Å². The highest BCUT2D eigenvalue weighted by Crippen LogP contribution is 2.23. The molecule has 0 heterocycles. The van der Waals surface area contributed by atoms with Crippen LogP contribution in [0.2, 0.25) is 5.02 Å². The number of aliphatic imine (C=N–C) groups is 1. The van der Waals surface area contributed by atoms with E-state index in [1.807, 2.05) is 6.07 Å². The van der Waals surface area contributed by atoms with Gasteiger partial charge < -0.3 is 11.5 Å². The van der Waals surface area contributed by atoms with Crippen molar-refractivity contribution in [3.8, 4) is 6.07 Å². The average molecular weight is 268 g/mol. The minimum Gasteiger partial charge on any atom is -0.370 e. The van der Waals surface area contributed by atoms with Gasteiger partial charge in [0.1, 0.15) is 0 Å². The Balaban J connectivity index is 2.68. The van der Waals surface area contributed by atoms with Gasteiger partial charge in [0.2, 0.25) is 0 Å². The van der Waals surface area contributed by atoms with Crippen LogP contribution in [0.5, 0.6) is 0 Å². The fourth-order valence-corrected chi connectivity index (χ4v) is 2.07. The third-order valence-corrected chi connectivity index (χ3v) is 2.95. The number of halogens is 1. The van der Waals surface area contributed by atoms with Crippen molar-refractivity contribution in [1.82, 2.24) is 0 Å². The summed E-state index contributed by atoms with van der Waals surface area (Å²) in [5, 5.41) is 16.6. The topological polar surface area (TPSA) is 112 Å². The molecule has 1 aromatic rings. The minimum absolute atomic E-state index is 0.0189. The standard InChI is InChI=1S/C10H10ClN5S/c11-8-3-6(4-12)1-2-7(8)5-17-10(15)16-9(13)14/h1-3H,5H2,(H5,13,14,15,16). The normalized spacial score (nSPS) is 9.41. The molecule has 0 spiro atoms. The Morgan fingerprint density at radius 1 is 1.53 bits per heavy atom. The second-order valence-electron chi connectivity index (χ2n) is 3.05. The molecule has 0 amide bonds. The van der Waals surface area contributed by atoms with Crippen LogP contribution in [-0.2, 0) is 5.75 Å². The van der Waals surface area contributed by atoms with E-state index in [1.165, 1.54) is 0 Å². The molecular formula is C10H10ClN5S. The summed E-state index contributed by atoms with van der Waals surface area (Å²) in [6, 6.07) is 7.00. The van der Waals surface area contributed by atoms with Crippen molar-refractivity contribution in [3.05, 3.63) is 34.3 Å². The molecule has 5 nitrogen and oxygen atoms in total. The Bertz CT molecular complexity index is 502. The maximum atomic E-state index is 8.68. The first-order valence-corrected chi connectivity index (χ1v) is 5.89. The van der Waals surface area contributed by atoms with Gasteiger partial charge in [0.25, 0.3) is 0 Å². The molecule has 0 fully saturated rings. The number of nitrogens with zero attached hydrogens (tertiary/aromatic N) is 2. The number of hydrogen-bond donors (Lipinski definition) is 3. The molecule has 0 atom stereocenters. The Morgan fingerprint density at radius 3 is 2.76 bits per heavy atom. The van der Waals surface area contributed by atoms with Crippen molar-refractivity contribution in [3.63, 3.8) is 0 Å². The molecule has 0 unspecified atom stereocenters. The van der Waals surface area contributed by atoms with Gasteiger partial charge in [0.05, 0.1) is 11.6 Å². The fraction of sp³-hybridized carbons (Fsp3) is 0.100. The zero-order chi connectivity index (χ0) is 12.8. The van der Waals surface area contributed by atoms with Crippen molar-refractivity contribution >= 4 is 34.5 Å². The van der Waals surface area contributed by atoms with E-state index in [1.54, 1.807) is 18.2 Å². The quantitative estimate of drug-likeness (QED) is 0.559. The van der Waals surface area contributed by atoms with Crippen LogP contribution in [0.4, 0.5) is 0 Å². The molecule has 0 saturated heterocycles. The number of benzene rings is 1. The van der Waals surface area contributed by atoms with Crippen LogP contribution in [0.1, 0.15) is 11.1 Å². The molecule has 0 bridgehead atoms. The molecule has 1 rings (SSSR count). The lowest BCUT2D eigenvalue weighted by molar-refractivity contribution is 1.39. The van der Waals surface area contributed by atoms with E-state index in [0.29, 0.717) is 16.3 Å². The SMILES string of the molecule is N#Cc1ccc(CSC(=N)N=C(N)N)c(Cl)c1. The number of guanidine groups is 1. The van der Waals surface area contributed by atoms with E-state index in [-0.39, 0.29) is 11.1 Å². The first-order valence-electron chi connectivity index (χ1n) is 4.52. The summed E-state index contributed by atoms with van der Waals surface area (Å²) in [4.78, 5) is 3.58. The van der Waals surface area contributed by atoms with Crippen molar-refractivity contribution in [1.29, 1.82) is 10.7 Å². The second kappa shape index (κ2) is 6.13. The zero-order valence-electron chi connectivity index (χ0n) is 8.77. The van der Waals surface area contributed by atoms with Gasteiger partial charge in [-0.15, -0.1) is 0 Å². The van der Waals surface area contributed by atoms with Gasteiger partial charge in [0, 0.05) is 10.8 Å². The summed E-state index contributed by atoms with van der Waals surface area (Å²) in [6.45, 7) is 0. The first kappa shape index (κ1) is 13.4. The molecule has 0 aromatic heterocycles. The molecule has 0 saturated carbocycles. The lowest BCUT2D eigenvalue weighted by Crippen LogP contribution is -2.23. The maximum absolute atomic E-state index is 8.68. The number of amidine groups is 1. The summed E-state index contributed by atoms with van der Waals surface area (Å²) in [5.74, 6) is 0.327. The molecule has 0 aliphatic rings. The number of rotatable bonds is 2. The van der Waals surface area contributed by atoms with E-state index < -0.39 is 0 Å². The zero-order valence-corrected chi connectivity index (χ0v) is 10.3. The smallest absolute Gasteiger partial charge is 0.193 e. The summed E-state index contributed by atoms with van der Waals surface area (Å²) >= 11 is 7.13. The molecule has 0 radical (unpaired) electrons. The molecule has 17 heavy (non-hydrogen) atoms. The van der Waals surface area contributed by atoms with Crippen LogP contribution in [0.25, 0.3) is 0 Å². The number of thioether (sulfide) groups is 1. The van der Waals surface area contributed by atoms with Crippen LogP contribution in [0.3, 0.4) is 0 Å². The first-order chi connectivity index (χ1) is 8.02. The van der Waals surface area contributed by atoms with Gasteiger partial charge in [0.15, 0.2) is 11.1 Å². The predicted molar refractivity (Wildman–Crippen MR) is 71.0 cm³/mol. The van der Waals surface area contributed by atoms with Gasteiger partial charge in [-0.25, -0.2) is 0 Å². The van der Waals surface area contributed by atoms with Gasteiger partial charge in [-0.3, -0.25) is 5.41 Å². The average Bonchev–Trinajstić information content (AvgIpc) is 2.26. The van der Waals surface area contributed by atoms with E-state index in [0.717, 1.165) is 17.3 Å². The van der Waals surface area contributed by atoms with Gasteiger partial charge >= 0.3 is 0 Å². The lowest BCUT2D eigenvalue weighted by Gasteiger charge is -2.03. The highest BCUT2D eigenvalue weighted by Gasteiger charge is 2.04. The number of hydrogen-bond acceptors (Lipinski definition) is 3. The number of nitriles is 1. The van der Waals surface area contributed by atoms with E-state index in [4.69, 9.17) is 33.7 Å². The summed E-state index contributed by atoms with van der Waals surface area (Å²) in [7, 11) is 0. The largest absolute Gasteiger partial charge is 0.370 e. The molecule has 7 heteroatoms. The van der Waals surface area contributed by atoms with E-state index >= 15 is 0 Å². The van der Waals surface area contributed by atoms with Crippen molar-refractivity contribution in [2.24, 2.45) is 16.5 Å². The van der Waals surface area contributed by atoms with Crippen molar-refractivity contribution < 1.29 is 0 Å². The molecule has 0 aliphatic carbocycles. The molecule has 0 aliphatic heterocycles. The maximum Gasteiger partial charge on any atom is 0.193 e. The fourth-order valence-electron chi connectivity index (χ4n) is 1.03. The van der Waals surface area contributed by atoms with Crippen LogP contribution < -0.4 is 11.5 Å². The lowest BCUT2D eigenvalue weighted by atomic mass is 10.2. The van der Waals surface area contributed by atoms with E-state index in [9.17, 15) is 0 Å². The highest BCUT2D eigenvalue weighted by molar-refractivity contribution is 8.13. The van der Waals surface area contributed by atoms with Gasteiger partial charge in [-0.2, -0.15) is 10.3 Å². The van der Waals surface area contributed by atoms with E-state index in [2.05, 4.69) is 4.99 Å². The number of nitrogens with two attached hydrogens (primary N) is 2. The van der Waals surface area contributed by atoms with Gasteiger partial charge in [-0.05, 0) is 17.7 Å². The summed E-state index contributed by atoms with van der Waals surface area (Å²) < 4.78 is 0. The third kappa shape index (κ3) is 4.34. The Kier molecular flexibility index (Phi) is 4.82. The Hall–Kier alpha value is -1.71. The Labute approximate surface area is 108 Å². The molecule has 88 valence electrons. The number of nitrogens with one attached hydrogen (secondary N) is 1. The monoisotopic (exact) mass is 267 g/mol. The summed E-state index contributed by atoms with van der Waals surface area (Å²) in [6.07, 6.45) is 0. The minimum atomic E-state index is -0.145. The third-order valence-electron chi connectivity index (χ3n) is 1.78. The summed E-state index contributed by atoms with van der Waals surface area (Å²) in [5.41, 5.74) is 11.6. The highest BCUT2D eigenvalue weighted by atomic mass is 35.5. The van der Waals surface area contributed by atoms with Crippen LogP contribution in [0, 0.1) is 16.7 Å².